The Morgan fingerprint density at radius 1 is 1.26 bits per heavy atom. The molecule has 0 saturated heterocycles. The molecule has 8 heteroatoms. The minimum absolute atomic E-state index is 0.0355. The highest BCUT2D eigenvalue weighted by Crippen LogP contribution is 2.42. The van der Waals surface area contributed by atoms with Gasteiger partial charge < -0.3 is 15.0 Å². The summed E-state index contributed by atoms with van der Waals surface area (Å²) >= 11 is 1.68. The Morgan fingerprint density at radius 3 is 2.85 bits per heavy atom. The zero-order chi connectivity index (χ0) is 24.0. The Hall–Kier alpha value is -3.00. The van der Waals surface area contributed by atoms with E-state index < -0.39 is 0 Å². The van der Waals surface area contributed by atoms with Crippen molar-refractivity contribution in [2.24, 2.45) is 16.3 Å². The largest absolute Gasteiger partial charge is 0.491 e. The first kappa shape index (κ1) is 22.8. The second-order valence-electron chi connectivity index (χ2n) is 10.6. The van der Waals surface area contributed by atoms with E-state index in [9.17, 15) is 4.79 Å². The SMILES string of the molecule is CN(C)C(=O)[C@H]1CCc2c(sc3ncnc(Nc4cc5c(cc4OCC(C)(C)C)CN=C5)c23)C1. The number of aryl methyl sites for hydroxylation is 1. The Morgan fingerprint density at radius 2 is 2.09 bits per heavy atom. The summed E-state index contributed by atoms with van der Waals surface area (Å²) in [6.45, 7) is 7.78. The van der Waals surface area contributed by atoms with E-state index in [2.05, 4.69) is 53.2 Å². The fourth-order valence-corrected chi connectivity index (χ4v) is 5.82. The van der Waals surface area contributed by atoms with Gasteiger partial charge in [-0.1, -0.05) is 20.8 Å². The molecule has 0 bridgehead atoms. The van der Waals surface area contributed by atoms with Gasteiger partial charge in [-0.15, -0.1) is 11.3 Å². The van der Waals surface area contributed by atoms with E-state index in [1.807, 2.05) is 20.3 Å². The number of hydrogen-bond acceptors (Lipinski definition) is 7. The third kappa shape index (κ3) is 4.39. The fraction of sp³-hybridized carbons (Fsp3) is 0.462. The van der Waals surface area contributed by atoms with Gasteiger partial charge in [0, 0.05) is 31.1 Å². The van der Waals surface area contributed by atoms with Gasteiger partial charge in [-0.25, -0.2) is 9.97 Å². The zero-order valence-corrected chi connectivity index (χ0v) is 21.3. The van der Waals surface area contributed by atoms with Crippen molar-refractivity contribution < 1.29 is 9.53 Å². The maximum atomic E-state index is 12.6. The van der Waals surface area contributed by atoms with Crippen LogP contribution in [-0.2, 0) is 24.2 Å². The number of amides is 1. The number of thiophene rings is 1. The van der Waals surface area contributed by atoms with E-state index in [1.165, 1.54) is 16.0 Å². The number of hydrogen-bond donors (Lipinski definition) is 1. The second kappa shape index (κ2) is 8.65. The van der Waals surface area contributed by atoms with Crippen LogP contribution in [0.5, 0.6) is 5.75 Å². The topological polar surface area (TPSA) is 79.7 Å². The summed E-state index contributed by atoms with van der Waals surface area (Å²) in [7, 11) is 3.66. The number of benzene rings is 1. The highest BCUT2D eigenvalue weighted by molar-refractivity contribution is 7.19. The molecule has 1 N–H and O–H groups in total. The van der Waals surface area contributed by atoms with Crippen LogP contribution in [0.1, 0.15) is 48.8 Å². The summed E-state index contributed by atoms with van der Waals surface area (Å²) in [5.41, 5.74) is 4.47. The van der Waals surface area contributed by atoms with Gasteiger partial charge in [0.05, 0.1) is 24.2 Å². The molecule has 7 nitrogen and oxygen atoms in total. The monoisotopic (exact) mass is 477 g/mol. The first-order chi connectivity index (χ1) is 16.2. The lowest BCUT2D eigenvalue weighted by molar-refractivity contribution is -0.133. The van der Waals surface area contributed by atoms with Crippen LogP contribution in [-0.4, -0.2) is 47.7 Å². The summed E-state index contributed by atoms with van der Waals surface area (Å²) in [4.78, 5) is 30.1. The van der Waals surface area contributed by atoms with Crippen molar-refractivity contribution in [2.75, 3.05) is 26.0 Å². The van der Waals surface area contributed by atoms with Crippen molar-refractivity contribution >= 4 is 45.2 Å². The van der Waals surface area contributed by atoms with Gasteiger partial charge in [-0.3, -0.25) is 9.79 Å². The normalized spacial score (nSPS) is 16.9. The molecular formula is C26H31N5O2S. The summed E-state index contributed by atoms with van der Waals surface area (Å²) in [6, 6.07) is 4.19. The van der Waals surface area contributed by atoms with E-state index >= 15 is 0 Å². The van der Waals surface area contributed by atoms with Gasteiger partial charge >= 0.3 is 0 Å². The number of aromatic nitrogens is 2. The third-order valence-corrected chi connectivity index (χ3v) is 7.44. The third-order valence-electron chi connectivity index (χ3n) is 6.28. The molecule has 0 saturated carbocycles. The number of nitrogens with one attached hydrogen (secondary N) is 1. The molecule has 1 amide bonds. The number of fused-ring (bicyclic) bond motifs is 4. The molecule has 0 fully saturated rings. The molecule has 5 rings (SSSR count). The molecule has 1 aliphatic carbocycles. The number of carbonyl (C=O) groups is 1. The van der Waals surface area contributed by atoms with Crippen molar-refractivity contribution in [3.8, 4) is 5.75 Å². The van der Waals surface area contributed by atoms with Crippen molar-refractivity contribution in [1.29, 1.82) is 0 Å². The van der Waals surface area contributed by atoms with Crippen LogP contribution in [0.4, 0.5) is 11.5 Å². The van der Waals surface area contributed by atoms with E-state index in [0.29, 0.717) is 13.2 Å². The summed E-state index contributed by atoms with van der Waals surface area (Å²) < 4.78 is 6.27. The average Bonchev–Trinajstić information content (AvgIpc) is 3.39. The van der Waals surface area contributed by atoms with Gasteiger partial charge in [-0.2, -0.15) is 0 Å². The molecule has 0 radical (unpaired) electrons. The molecule has 34 heavy (non-hydrogen) atoms. The molecule has 3 aromatic rings. The van der Waals surface area contributed by atoms with Crippen molar-refractivity contribution in [3.63, 3.8) is 0 Å². The van der Waals surface area contributed by atoms with Crippen LogP contribution in [0.3, 0.4) is 0 Å². The number of ether oxygens (including phenoxy) is 1. The smallest absolute Gasteiger partial charge is 0.225 e. The van der Waals surface area contributed by atoms with Gasteiger partial charge in [0.15, 0.2) is 0 Å². The van der Waals surface area contributed by atoms with Crippen LogP contribution in [0.15, 0.2) is 23.5 Å². The Labute approximate surface area is 204 Å². The van der Waals surface area contributed by atoms with Crippen LogP contribution in [0, 0.1) is 11.3 Å². The van der Waals surface area contributed by atoms with Crippen LogP contribution in [0.2, 0.25) is 0 Å². The Kier molecular flexibility index (Phi) is 5.80. The van der Waals surface area contributed by atoms with E-state index in [-0.39, 0.29) is 17.2 Å². The van der Waals surface area contributed by atoms with Crippen LogP contribution < -0.4 is 10.1 Å². The minimum atomic E-state index is 0.0355. The second-order valence-corrected chi connectivity index (χ2v) is 11.7. The number of nitrogens with zero attached hydrogens (tertiary/aromatic N) is 4. The Bertz CT molecular complexity index is 1290. The average molecular weight is 478 g/mol. The van der Waals surface area contributed by atoms with Crippen molar-refractivity contribution in [3.05, 3.63) is 40.0 Å². The highest BCUT2D eigenvalue weighted by Gasteiger charge is 2.30. The molecule has 2 aliphatic rings. The lowest BCUT2D eigenvalue weighted by Gasteiger charge is -2.24. The summed E-state index contributed by atoms with van der Waals surface area (Å²) in [5, 5.41) is 4.63. The van der Waals surface area contributed by atoms with Gasteiger partial charge in [0.25, 0.3) is 0 Å². The van der Waals surface area contributed by atoms with Crippen LogP contribution in [0.25, 0.3) is 10.2 Å². The first-order valence-electron chi connectivity index (χ1n) is 11.7. The van der Waals surface area contributed by atoms with E-state index in [4.69, 9.17) is 4.74 Å². The molecule has 1 atom stereocenters. The summed E-state index contributed by atoms with van der Waals surface area (Å²) in [6.07, 6.45) is 5.99. The highest BCUT2D eigenvalue weighted by atomic mass is 32.1. The molecule has 2 aromatic heterocycles. The number of aliphatic imine (C=N–C) groups is 1. The first-order valence-corrected chi connectivity index (χ1v) is 12.5. The number of carbonyl (C=O) groups excluding carboxylic acids is 1. The van der Waals surface area contributed by atoms with Gasteiger partial charge in [0.2, 0.25) is 5.91 Å². The van der Waals surface area contributed by atoms with E-state index in [0.717, 1.165) is 52.3 Å². The van der Waals surface area contributed by atoms with Crippen molar-refractivity contribution in [1.82, 2.24) is 14.9 Å². The molecule has 0 unspecified atom stereocenters. The quantitative estimate of drug-likeness (QED) is 0.560. The molecule has 1 aromatic carbocycles. The summed E-state index contributed by atoms with van der Waals surface area (Å²) in [5.74, 6) is 1.84. The predicted octanol–water partition coefficient (Wildman–Crippen LogP) is 4.99. The molecule has 0 spiro atoms. The molecular weight excluding hydrogens is 446 g/mol. The minimum Gasteiger partial charge on any atom is -0.491 e. The predicted molar refractivity (Wildman–Crippen MR) is 138 cm³/mol. The number of anilines is 2. The fourth-order valence-electron chi connectivity index (χ4n) is 4.56. The standard InChI is InChI=1S/C26H31N5O2S/c1-26(2,3)13-33-20-9-17-12-27-11-16(17)8-19(20)30-23-22-18-7-6-15(25(32)31(4)5)10-21(18)34-24(22)29-14-28-23/h8-9,11,14-15H,6-7,10,12-13H2,1-5H3,(H,28,29,30)/t15-/m0/s1. The molecule has 3 heterocycles. The van der Waals surface area contributed by atoms with Gasteiger partial charge in [0.1, 0.15) is 22.7 Å². The molecule has 1 aliphatic heterocycles. The van der Waals surface area contributed by atoms with Crippen molar-refractivity contribution in [2.45, 2.75) is 46.6 Å². The van der Waals surface area contributed by atoms with E-state index in [1.54, 1.807) is 22.6 Å². The Balaban J connectivity index is 1.51. The maximum absolute atomic E-state index is 12.6. The maximum Gasteiger partial charge on any atom is 0.225 e. The number of rotatable bonds is 5. The lowest BCUT2D eigenvalue weighted by Crippen LogP contribution is -2.32. The lowest BCUT2D eigenvalue weighted by atomic mass is 9.87. The van der Waals surface area contributed by atoms with Gasteiger partial charge in [-0.05, 0) is 53.5 Å². The van der Waals surface area contributed by atoms with Crippen LogP contribution >= 0.6 is 11.3 Å². The molecule has 178 valence electrons. The zero-order valence-electron chi connectivity index (χ0n) is 20.4.